The number of aryl methyl sites for hydroxylation is 1. The number of nitrogens with one attached hydrogen (secondary N) is 3. The number of amides is 2. The number of fused-ring (bicyclic) bond motifs is 1. The molecule has 0 spiro atoms. The Hall–Kier alpha value is -3.68. The first-order valence-electron chi connectivity index (χ1n) is 12.1. The summed E-state index contributed by atoms with van der Waals surface area (Å²) < 4.78 is 5.40. The van der Waals surface area contributed by atoms with Crippen LogP contribution >= 0.6 is 0 Å². The molecular weight excluding hydrogens is 440 g/mol. The molecule has 35 heavy (non-hydrogen) atoms. The fourth-order valence-electron chi connectivity index (χ4n) is 4.79. The molecule has 0 bridgehead atoms. The van der Waals surface area contributed by atoms with Crippen molar-refractivity contribution in [2.24, 2.45) is 0 Å². The van der Waals surface area contributed by atoms with Gasteiger partial charge in [0.1, 0.15) is 0 Å². The Labute approximate surface area is 205 Å². The molecule has 0 radical (unpaired) electrons. The quantitative estimate of drug-likeness (QED) is 0.361. The molecule has 2 aliphatic heterocycles. The molecular formula is C28H30N4O3. The van der Waals surface area contributed by atoms with Crippen LogP contribution in [0, 0.1) is 6.92 Å². The first-order chi connectivity index (χ1) is 17.1. The summed E-state index contributed by atoms with van der Waals surface area (Å²) in [6, 6.07) is 17.5. The van der Waals surface area contributed by atoms with Crippen molar-refractivity contribution in [3.63, 3.8) is 0 Å². The lowest BCUT2D eigenvalue weighted by Crippen LogP contribution is -2.38. The smallest absolute Gasteiger partial charge is 0.256 e. The summed E-state index contributed by atoms with van der Waals surface area (Å²) in [6.45, 7) is 6.87. The predicted molar refractivity (Wildman–Crippen MR) is 138 cm³/mol. The number of hydrogen-bond donors (Lipinski definition) is 3. The molecule has 7 heteroatoms. The van der Waals surface area contributed by atoms with E-state index in [-0.39, 0.29) is 11.8 Å². The van der Waals surface area contributed by atoms with Gasteiger partial charge in [-0.1, -0.05) is 48.5 Å². The Kier molecular flexibility index (Phi) is 6.79. The normalized spacial score (nSPS) is 16.8. The van der Waals surface area contributed by atoms with Gasteiger partial charge in [-0.2, -0.15) is 0 Å². The van der Waals surface area contributed by atoms with E-state index in [4.69, 9.17) is 4.74 Å². The third-order valence-corrected chi connectivity index (χ3v) is 6.55. The number of anilines is 1. The third-order valence-electron chi connectivity index (χ3n) is 6.55. The second-order valence-corrected chi connectivity index (χ2v) is 8.90. The molecule has 3 heterocycles. The van der Waals surface area contributed by atoms with Gasteiger partial charge < -0.3 is 20.4 Å². The van der Waals surface area contributed by atoms with Crippen LogP contribution in [-0.2, 0) is 9.53 Å². The Morgan fingerprint density at radius 3 is 2.63 bits per heavy atom. The number of morpholine rings is 1. The molecule has 5 rings (SSSR count). The molecule has 0 unspecified atom stereocenters. The van der Waals surface area contributed by atoms with Crippen molar-refractivity contribution < 1.29 is 14.3 Å². The number of benzene rings is 2. The monoisotopic (exact) mass is 470 g/mol. The fourth-order valence-corrected chi connectivity index (χ4v) is 4.79. The highest BCUT2D eigenvalue weighted by Gasteiger charge is 2.26. The van der Waals surface area contributed by atoms with Crippen molar-refractivity contribution in [3.05, 3.63) is 77.1 Å². The number of aromatic amines is 1. The number of carbonyl (C=O) groups excluding carboxylic acids is 2. The van der Waals surface area contributed by atoms with Crippen molar-refractivity contribution in [3.8, 4) is 11.1 Å². The standard InChI is InChI=1S/C28H30N4O3/c1-19-25(28(34)29-12-7-13-32-14-16-35-17-15-32)26(20-8-3-2-4-9-20)24(30-19)18-22-21-10-5-6-11-23(21)31-27(22)33/h2-6,8-11,18,30H,7,12-17H2,1H3,(H,29,34)(H,31,33)/b22-18-. The summed E-state index contributed by atoms with van der Waals surface area (Å²) in [4.78, 5) is 31.8. The highest BCUT2D eigenvalue weighted by molar-refractivity contribution is 6.35. The van der Waals surface area contributed by atoms with E-state index in [9.17, 15) is 9.59 Å². The predicted octanol–water partition coefficient (Wildman–Crippen LogP) is 3.93. The molecule has 3 aromatic rings. The second kappa shape index (κ2) is 10.3. The van der Waals surface area contributed by atoms with Gasteiger partial charge in [0.2, 0.25) is 0 Å². The van der Waals surface area contributed by atoms with Crippen LogP contribution in [-0.4, -0.2) is 61.1 Å². The number of aromatic nitrogens is 1. The van der Waals surface area contributed by atoms with Crippen molar-refractivity contribution in [1.29, 1.82) is 0 Å². The number of rotatable bonds is 7. The molecule has 1 saturated heterocycles. The van der Waals surface area contributed by atoms with E-state index in [2.05, 4.69) is 20.5 Å². The van der Waals surface area contributed by atoms with Gasteiger partial charge in [-0.05, 0) is 37.6 Å². The largest absolute Gasteiger partial charge is 0.379 e. The van der Waals surface area contributed by atoms with Crippen LogP contribution in [0.1, 0.15) is 33.7 Å². The number of para-hydroxylation sites is 1. The number of ether oxygens (including phenoxy) is 1. The molecule has 0 aliphatic carbocycles. The summed E-state index contributed by atoms with van der Waals surface area (Å²) in [5.41, 5.74) is 6.09. The molecule has 1 aromatic heterocycles. The van der Waals surface area contributed by atoms with E-state index in [0.29, 0.717) is 17.7 Å². The summed E-state index contributed by atoms with van der Waals surface area (Å²) in [7, 11) is 0. The van der Waals surface area contributed by atoms with Crippen molar-refractivity contribution in [1.82, 2.24) is 15.2 Å². The molecule has 1 fully saturated rings. The zero-order valence-corrected chi connectivity index (χ0v) is 19.9. The lowest BCUT2D eigenvalue weighted by atomic mass is 9.97. The van der Waals surface area contributed by atoms with Gasteiger partial charge in [0, 0.05) is 47.8 Å². The highest BCUT2D eigenvalue weighted by Crippen LogP contribution is 2.36. The minimum absolute atomic E-state index is 0.111. The fraction of sp³-hybridized carbons (Fsp3) is 0.286. The zero-order valence-electron chi connectivity index (χ0n) is 19.9. The number of carbonyl (C=O) groups is 2. The SMILES string of the molecule is Cc1[nH]c(/C=C2\C(=O)Nc3ccccc32)c(-c2ccccc2)c1C(=O)NCCCN1CCOCC1. The van der Waals surface area contributed by atoms with Crippen molar-refractivity contribution in [2.45, 2.75) is 13.3 Å². The van der Waals surface area contributed by atoms with E-state index in [0.717, 1.165) is 73.0 Å². The molecule has 180 valence electrons. The number of H-pyrrole nitrogens is 1. The zero-order chi connectivity index (χ0) is 24.2. The minimum Gasteiger partial charge on any atom is -0.379 e. The van der Waals surface area contributed by atoms with E-state index in [1.165, 1.54) is 0 Å². The van der Waals surface area contributed by atoms with Crippen LogP contribution in [0.4, 0.5) is 5.69 Å². The highest BCUT2D eigenvalue weighted by atomic mass is 16.5. The van der Waals surface area contributed by atoms with E-state index >= 15 is 0 Å². The van der Waals surface area contributed by atoms with Gasteiger partial charge in [0.15, 0.2) is 0 Å². The minimum atomic E-state index is -0.147. The lowest BCUT2D eigenvalue weighted by Gasteiger charge is -2.26. The Morgan fingerprint density at radius 1 is 1.09 bits per heavy atom. The van der Waals surface area contributed by atoms with E-state index in [1.807, 2.05) is 67.6 Å². The summed E-state index contributed by atoms with van der Waals surface area (Å²) >= 11 is 0. The lowest BCUT2D eigenvalue weighted by molar-refractivity contribution is -0.110. The maximum atomic E-state index is 13.4. The van der Waals surface area contributed by atoms with Crippen LogP contribution in [0.3, 0.4) is 0 Å². The molecule has 2 amide bonds. The Bertz CT molecular complexity index is 1260. The van der Waals surface area contributed by atoms with Crippen LogP contribution in [0.15, 0.2) is 54.6 Å². The maximum Gasteiger partial charge on any atom is 0.256 e. The third kappa shape index (κ3) is 4.92. The second-order valence-electron chi connectivity index (χ2n) is 8.90. The molecule has 0 saturated carbocycles. The van der Waals surface area contributed by atoms with Crippen molar-refractivity contribution in [2.75, 3.05) is 44.7 Å². The topological polar surface area (TPSA) is 86.5 Å². The summed E-state index contributed by atoms with van der Waals surface area (Å²) in [6.07, 6.45) is 2.73. The summed E-state index contributed by atoms with van der Waals surface area (Å²) in [5.74, 6) is -0.257. The van der Waals surface area contributed by atoms with Crippen LogP contribution < -0.4 is 10.6 Å². The first kappa shape index (κ1) is 23.1. The van der Waals surface area contributed by atoms with Gasteiger partial charge >= 0.3 is 0 Å². The average Bonchev–Trinajstić information content (AvgIpc) is 3.38. The van der Waals surface area contributed by atoms with Gasteiger partial charge in [0.05, 0.1) is 24.4 Å². The van der Waals surface area contributed by atoms with Crippen LogP contribution in [0.2, 0.25) is 0 Å². The Balaban J connectivity index is 1.43. The molecule has 2 aliphatic rings. The number of hydrogen-bond acceptors (Lipinski definition) is 4. The van der Waals surface area contributed by atoms with Crippen LogP contribution in [0.5, 0.6) is 0 Å². The molecule has 2 aromatic carbocycles. The van der Waals surface area contributed by atoms with Gasteiger partial charge in [-0.25, -0.2) is 0 Å². The van der Waals surface area contributed by atoms with Gasteiger partial charge in [0.25, 0.3) is 11.8 Å². The van der Waals surface area contributed by atoms with Crippen molar-refractivity contribution >= 4 is 29.2 Å². The first-order valence-corrected chi connectivity index (χ1v) is 12.1. The number of nitrogens with zero attached hydrogens (tertiary/aromatic N) is 1. The molecule has 0 atom stereocenters. The van der Waals surface area contributed by atoms with Gasteiger partial charge in [-0.15, -0.1) is 0 Å². The van der Waals surface area contributed by atoms with E-state index in [1.54, 1.807) is 0 Å². The van der Waals surface area contributed by atoms with E-state index < -0.39 is 0 Å². The van der Waals surface area contributed by atoms with Gasteiger partial charge in [-0.3, -0.25) is 14.5 Å². The average molecular weight is 471 g/mol. The Morgan fingerprint density at radius 2 is 1.83 bits per heavy atom. The summed E-state index contributed by atoms with van der Waals surface area (Å²) in [5, 5.41) is 6.02. The maximum absolute atomic E-state index is 13.4. The van der Waals surface area contributed by atoms with Crippen LogP contribution in [0.25, 0.3) is 22.8 Å². The molecule has 7 nitrogen and oxygen atoms in total. The molecule has 3 N–H and O–H groups in total.